The lowest BCUT2D eigenvalue weighted by Crippen LogP contribution is -2.36. The maximum Gasteiger partial charge on any atom is 0.259 e. The number of hydrogen-bond acceptors (Lipinski definition) is 6. The molecule has 2 N–H and O–H groups in total. The van der Waals surface area contributed by atoms with Gasteiger partial charge in [0.2, 0.25) is 16.4 Å². The number of halogens is 1. The first kappa shape index (κ1) is 29.0. The van der Waals surface area contributed by atoms with Crippen molar-refractivity contribution in [2.75, 3.05) is 24.3 Å². The summed E-state index contributed by atoms with van der Waals surface area (Å²) in [5, 5.41) is 3.13. The third kappa shape index (κ3) is 5.77. The van der Waals surface area contributed by atoms with Crippen molar-refractivity contribution in [1.82, 2.24) is 14.2 Å². The van der Waals surface area contributed by atoms with Crippen molar-refractivity contribution in [1.29, 1.82) is 0 Å². The number of nitrogens with one attached hydrogen (secondary N) is 2. The van der Waals surface area contributed by atoms with E-state index in [4.69, 9.17) is 0 Å². The number of nitrogens with zero attached hydrogens (tertiary/aromatic N) is 3. The fourth-order valence-corrected chi connectivity index (χ4v) is 5.33. The molecular weight excluding hydrogens is 537 g/mol. The number of carbonyl (C=O) groups is 2. The lowest BCUT2D eigenvalue weighted by atomic mass is 10.1. The van der Waals surface area contributed by atoms with Crippen molar-refractivity contribution in [2.45, 2.75) is 38.5 Å². The third-order valence-corrected chi connectivity index (χ3v) is 8.32. The summed E-state index contributed by atoms with van der Waals surface area (Å²) in [6.45, 7) is 3.26. The largest absolute Gasteiger partial charge is 0.354 e. The second kappa shape index (κ2) is 11.2. The van der Waals surface area contributed by atoms with Crippen LogP contribution in [0, 0.1) is 19.7 Å². The van der Waals surface area contributed by atoms with Gasteiger partial charge in [0.25, 0.3) is 11.5 Å². The van der Waals surface area contributed by atoms with Gasteiger partial charge in [0.1, 0.15) is 17.2 Å². The number of aryl methyl sites for hydroxylation is 1. The Hall–Kier alpha value is -4.03. The van der Waals surface area contributed by atoms with Gasteiger partial charge in [-0.15, -0.1) is 0 Å². The SMILES string of the molecule is CNS(=O)(=O)Cc1cccc(Nc2c(C(=O)N(C)C3CC3)c(N(C=O)c3ccc(C)cc3F)n(C)c(=O)c2C)c1. The molecule has 2 amide bonds. The molecule has 1 heterocycles. The molecule has 12 heteroatoms. The Morgan fingerprint density at radius 1 is 1.18 bits per heavy atom. The number of anilines is 4. The number of aromatic nitrogens is 1. The standard InChI is InChI=1S/C28H32FN5O5S/c1-17-9-12-23(22(29)13-17)34(16-35)26-24(28(37)32(4)21-10-11-21)25(18(2)27(36)33(26)5)31-20-8-6-7-19(14-20)15-40(38,39)30-3/h6-9,12-14,16,21,30-31H,10-11,15H2,1-5H3. The number of hydrogen-bond donors (Lipinski definition) is 2. The van der Waals surface area contributed by atoms with Crippen LogP contribution in [0.2, 0.25) is 0 Å². The minimum Gasteiger partial charge on any atom is -0.354 e. The van der Waals surface area contributed by atoms with Crippen LogP contribution in [-0.2, 0) is 27.6 Å². The van der Waals surface area contributed by atoms with Crippen molar-refractivity contribution >= 4 is 45.2 Å². The summed E-state index contributed by atoms with van der Waals surface area (Å²) in [4.78, 5) is 42.5. The van der Waals surface area contributed by atoms with Gasteiger partial charge in [-0.25, -0.2) is 17.5 Å². The number of rotatable bonds is 10. The molecule has 3 aromatic rings. The van der Waals surface area contributed by atoms with Gasteiger partial charge in [-0.1, -0.05) is 18.2 Å². The summed E-state index contributed by atoms with van der Waals surface area (Å²) in [5.74, 6) is -1.52. The second-order valence-corrected chi connectivity index (χ2v) is 11.9. The molecule has 0 bridgehead atoms. The Bertz CT molecular complexity index is 1650. The van der Waals surface area contributed by atoms with Crippen LogP contribution < -0.4 is 20.5 Å². The molecule has 10 nitrogen and oxygen atoms in total. The molecule has 1 aliphatic rings. The average Bonchev–Trinajstić information content (AvgIpc) is 3.76. The first-order valence-electron chi connectivity index (χ1n) is 12.7. The molecule has 0 unspecified atom stereocenters. The highest BCUT2D eigenvalue weighted by Crippen LogP contribution is 2.37. The number of sulfonamides is 1. The summed E-state index contributed by atoms with van der Waals surface area (Å²) in [6.07, 6.45) is 2.01. The Labute approximate surface area is 232 Å². The van der Waals surface area contributed by atoms with Gasteiger partial charge in [0, 0.05) is 31.4 Å². The summed E-state index contributed by atoms with van der Waals surface area (Å²) < 4.78 is 42.8. The predicted octanol–water partition coefficient (Wildman–Crippen LogP) is 3.46. The van der Waals surface area contributed by atoms with E-state index in [-0.39, 0.29) is 40.1 Å². The highest BCUT2D eigenvalue weighted by Gasteiger charge is 2.36. The molecule has 4 rings (SSSR count). The molecule has 1 fully saturated rings. The van der Waals surface area contributed by atoms with Crippen molar-refractivity contribution in [2.24, 2.45) is 7.05 Å². The topological polar surface area (TPSA) is 121 Å². The fourth-order valence-electron chi connectivity index (χ4n) is 4.57. The Morgan fingerprint density at radius 3 is 2.48 bits per heavy atom. The van der Waals surface area contributed by atoms with E-state index in [1.165, 1.54) is 26.2 Å². The zero-order valence-electron chi connectivity index (χ0n) is 23.0. The Kier molecular flexibility index (Phi) is 8.13. The Balaban J connectivity index is 1.95. The van der Waals surface area contributed by atoms with Gasteiger partial charge < -0.3 is 10.2 Å². The lowest BCUT2D eigenvalue weighted by molar-refractivity contribution is -0.106. The van der Waals surface area contributed by atoms with Crippen LogP contribution in [0.15, 0.2) is 47.3 Å². The molecule has 0 saturated heterocycles. The third-order valence-electron chi connectivity index (χ3n) is 6.98. The smallest absolute Gasteiger partial charge is 0.259 e. The molecule has 1 aliphatic carbocycles. The van der Waals surface area contributed by atoms with E-state index in [0.717, 1.165) is 22.3 Å². The van der Waals surface area contributed by atoms with E-state index < -0.39 is 27.3 Å². The van der Waals surface area contributed by atoms with Crippen molar-refractivity contribution in [3.8, 4) is 0 Å². The highest BCUT2D eigenvalue weighted by atomic mass is 32.2. The first-order valence-corrected chi connectivity index (χ1v) is 14.3. The van der Waals surface area contributed by atoms with Crippen LogP contribution in [0.5, 0.6) is 0 Å². The normalized spacial score (nSPS) is 13.2. The first-order chi connectivity index (χ1) is 18.9. The zero-order valence-corrected chi connectivity index (χ0v) is 23.8. The van der Waals surface area contributed by atoms with Crippen LogP contribution in [0.4, 0.5) is 27.3 Å². The van der Waals surface area contributed by atoms with Crippen LogP contribution in [0.1, 0.15) is 39.9 Å². The molecule has 2 aromatic carbocycles. The van der Waals surface area contributed by atoms with E-state index in [2.05, 4.69) is 10.0 Å². The van der Waals surface area contributed by atoms with E-state index in [1.807, 2.05) is 0 Å². The van der Waals surface area contributed by atoms with Gasteiger partial charge in [-0.3, -0.25) is 23.9 Å². The maximum absolute atomic E-state index is 15.1. The molecule has 0 atom stereocenters. The summed E-state index contributed by atoms with van der Waals surface area (Å²) in [6, 6.07) is 10.9. The van der Waals surface area contributed by atoms with E-state index in [0.29, 0.717) is 23.2 Å². The monoisotopic (exact) mass is 569 g/mol. The molecule has 0 radical (unpaired) electrons. The van der Waals surface area contributed by atoms with Crippen LogP contribution in [-0.4, -0.2) is 50.3 Å². The van der Waals surface area contributed by atoms with Gasteiger partial charge in [0.05, 0.1) is 17.1 Å². The van der Waals surface area contributed by atoms with Gasteiger partial charge in [-0.05, 0) is 69.1 Å². The van der Waals surface area contributed by atoms with E-state index >= 15 is 4.39 Å². The van der Waals surface area contributed by atoms with Crippen molar-refractivity contribution < 1.29 is 22.4 Å². The molecule has 1 aromatic heterocycles. The number of amides is 2. The lowest BCUT2D eigenvalue weighted by Gasteiger charge is -2.29. The van der Waals surface area contributed by atoms with Crippen molar-refractivity contribution in [3.63, 3.8) is 0 Å². The summed E-state index contributed by atoms with van der Waals surface area (Å²) >= 11 is 0. The molecule has 40 heavy (non-hydrogen) atoms. The molecule has 1 saturated carbocycles. The van der Waals surface area contributed by atoms with Gasteiger partial charge >= 0.3 is 0 Å². The number of carbonyl (C=O) groups excluding carboxylic acids is 2. The quantitative estimate of drug-likeness (QED) is 0.361. The van der Waals surface area contributed by atoms with E-state index in [9.17, 15) is 22.8 Å². The zero-order chi connectivity index (χ0) is 29.4. The summed E-state index contributed by atoms with van der Waals surface area (Å²) in [5.41, 5.74) is 1.26. The van der Waals surface area contributed by atoms with Gasteiger partial charge in [-0.2, -0.15) is 0 Å². The van der Waals surface area contributed by atoms with E-state index in [1.54, 1.807) is 56.1 Å². The van der Waals surface area contributed by atoms with Crippen LogP contribution in [0.25, 0.3) is 0 Å². The number of pyridine rings is 1. The fraction of sp³-hybridized carbons (Fsp3) is 0.321. The average molecular weight is 570 g/mol. The van der Waals surface area contributed by atoms with Gasteiger partial charge in [0.15, 0.2) is 0 Å². The Morgan fingerprint density at radius 2 is 1.88 bits per heavy atom. The van der Waals surface area contributed by atoms with Crippen LogP contribution in [0.3, 0.4) is 0 Å². The summed E-state index contributed by atoms with van der Waals surface area (Å²) in [7, 11) is 0.848. The van der Waals surface area contributed by atoms with Crippen LogP contribution >= 0.6 is 0 Å². The molecular formula is C28H32FN5O5S. The predicted molar refractivity (Wildman–Crippen MR) is 152 cm³/mol. The molecule has 212 valence electrons. The molecule has 0 aliphatic heterocycles. The minimum absolute atomic E-state index is 0.00149. The minimum atomic E-state index is -3.55. The van der Waals surface area contributed by atoms with Crippen molar-refractivity contribution in [3.05, 3.63) is 80.9 Å². The number of benzene rings is 2. The second-order valence-electron chi connectivity index (χ2n) is 9.93. The molecule has 0 spiro atoms. The highest BCUT2D eigenvalue weighted by molar-refractivity contribution is 7.88. The maximum atomic E-state index is 15.1.